The Morgan fingerprint density at radius 2 is 1.73 bits per heavy atom. The van der Waals surface area contributed by atoms with E-state index in [1.54, 1.807) is 12.3 Å². The molecule has 0 amide bonds. The van der Waals surface area contributed by atoms with Crippen molar-refractivity contribution in [2.75, 3.05) is 0 Å². The van der Waals surface area contributed by atoms with Gasteiger partial charge in [-0.25, -0.2) is 9.97 Å². The molecule has 0 aromatic carbocycles. The molecule has 0 spiro atoms. The van der Waals surface area contributed by atoms with Crippen LogP contribution in [0.3, 0.4) is 0 Å². The smallest absolute Gasteiger partial charge is 0.404 e. The van der Waals surface area contributed by atoms with E-state index in [2.05, 4.69) is 9.97 Å². The van der Waals surface area contributed by atoms with Gasteiger partial charge < -0.3 is 9.31 Å². The van der Waals surface area contributed by atoms with Crippen molar-refractivity contribution in [3.8, 4) is 0 Å². The zero-order chi connectivity index (χ0) is 11.3. The van der Waals surface area contributed by atoms with Gasteiger partial charge >= 0.3 is 7.12 Å². The number of nitrogens with zero attached hydrogens (tertiary/aromatic N) is 2. The minimum Gasteiger partial charge on any atom is -0.404 e. The third-order valence-corrected chi connectivity index (χ3v) is 1.64. The summed E-state index contributed by atoms with van der Waals surface area (Å²) in [6.07, 6.45) is 3.38. The molecule has 0 bridgehead atoms. The quantitative estimate of drug-likeness (QED) is 0.677. The molecule has 5 heteroatoms. The van der Waals surface area contributed by atoms with E-state index < -0.39 is 7.12 Å². The minimum absolute atomic E-state index is 0.101. The average molecular weight is 208 g/mol. The summed E-state index contributed by atoms with van der Waals surface area (Å²) in [5.41, 5.74) is 0.757. The first-order valence-corrected chi connectivity index (χ1v) is 5.16. The topological polar surface area (TPSA) is 44.2 Å². The standard InChI is InChI=1S/C10H17BN2O2/c1-8(2)14-11(15-9(3)4)10-5-6-12-7-13-10/h5-9H,1-4H3. The van der Waals surface area contributed by atoms with Gasteiger partial charge in [0.2, 0.25) is 0 Å². The number of hydrogen-bond donors (Lipinski definition) is 0. The first-order chi connectivity index (χ1) is 7.09. The van der Waals surface area contributed by atoms with Gasteiger partial charge in [-0.05, 0) is 33.8 Å². The molecule has 0 aliphatic rings. The molecule has 0 N–H and O–H groups in total. The van der Waals surface area contributed by atoms with Crippen LogP contribution in [0.1, 0.15) is 27.7 Å². The largest absolute Gasteiger partial charge is 0.514 e. The summed E-state index contributed by atoms with van der Waals surface area (Å²) < 4.78 is 11.3. The Labute approximate surface area is 91.2 Å². The van der Waals surface area contributed by atoms with Gasteiger partial charge in [0.15, 0.2) is 0 Å². The van der Waals surface area contributed by atoms with Crippen molar-refractivity contribution in [3.05, 3.63) is 18.6 Å². The molecule has 0 fully saturated rings. The van der Waals surface area contributed by atoms with Crippen molar-refractivity contribution in [1.82, 2.24) is 9.97 Å². The van der Waals surface area contributed by atoms with E-state index in [-0.39, 0.29) is 12.2 Å². The average Bonchev–Trinajstić information content (AvgIpc) is 2.17. The monoisotopic (exact) mass is 208 g/mol. The van der Waals surface area contributed by atoms with Crippen molar-refractivity contribution in [2.24, 2.45) is 0 Å². The van der Waals surface area contributed by atoms with Crippen LogP contribution >= 0.6 is 0 Å². The van der Waals surface area contributed by atoms with Crippen LogP contribution in [0.25, 0.3) is 0 Å². The van der Waals surface area contributed by atoms with Crippen molar-refractivity contribution in [3.63, 3.8) is 0 Å². The van der Waals surface area contributed by atoms with Crippen LogP contribution in [0.2, 0.25) is 0 Å². The Hall–Kier alpha value is -0.935. The summed E-state index contributed by atoms with van der Waals surface area (Å²) >= 11 is 0. The van der Waals surface area contributed by atoms with E-state index in [0.717, 1.165) is 5.59 Å². The van der Waals surface area contributed by atoms with E-state index in [0.29, 0.717) is 0 Å². The molecule has 4 nitrogen and oxygen atoms in total. The molecule has 1 aromatic heterocycles. The van der Waals surface area contributed by atoms with E-state index >= 15 is 0 Å². The zero-order valence-electron chi connectivity index (χ0n) is 9.68. The van der Waals surface area contributed by atoms with Crippen molar-refractivity contribution in [2.45, 2.75) is 39.9 Å². The van der Waals surface area contributed by atoms with Crippen molar-refractivity contribution >= 4 is 12.7 Å². The number of hydrogen-bond acceptors (Lipinski definition) is 4. The summed E-state index contributed by atoms with van der Waals surface area (Å²) in [6.45, 7) is 7.88. The predicted octanol–water partition coefficient (Wildman–Crippen LogP) is 1.02. The van der Waals surface area contributed by atoms with Crippen molar-refractivity contribution in [1.29, 1.82) is 0 Å². The number of rotatable bonds is 5. The van der Waals surface area contributed by atoms with Crippen molar-refractivity contribution < 1.29 is 9.31 Å². The van der Waals surface area contributed by atoms with Gasteiger partial charge in [0.05, 0.1) is 5.59 Å². The molecule has 0 atom stereocenters. The molecule has 0 saturated carbocycles. The molecule has 1 aromatic rings. The number of aromatic nitrogens is 2. The maximum absolute atomic E-state index is 5.63. The first kappa shape index (κ1) is 12.1. The molecular weight excluding hydrogens is 191 g/mol. The van der Waals surface area contributed by atoms with Gasteiger partial charge in [-0.3, -0.25) is 0 Å². The van der Waals surface area contributed by atoms with Crippen LogP contribution in [0.4, 0.5) is 0 Å². The van der Waals surface area contributed by atoms with E-state index in [4.69, 9.17) is 9.31 Å². The Kier molecular flexibility index (Phi) is 4.71. The van der Waals surface area contributed by atoms with Gasteiger partial charge in [0, 0.05) is 18.4 Å². The van der Waals surface area contributed by atoms with Gasteiger partial charge in [-0.1, -0.05) is 0 Å². The summed E-state index contributed by atoms with van der Waals surface area (Å²) in [5, 5.41) is 0. The van der Waals surface area contributed by atoms with Crippen LogP contribution < -0.4 is 5.59 Å². The van der Waals surface area contributed by atoms with Gasteiger partial charge in [0.25, 0.3) is 0 Å². The lowest BCUT2D eigenvalue weighted by Crippen LogP contribution is -2.42. The molecule has 0 radical (unpaired) electrons. The predicted molar refractivity (Wildman–Crippen MR) is 59.9 cm³/mol. The molecule has 1 rings (SSSR count). The second-order valence-corrected chi connectivity index (χ2v) is 3.84. The lowest BCUT2D eigenvalue weighted by molar-refractivity contribution is 0.138. The fourth-order valence-electron chi connectivity index (χ4n) is 1.11. The van der Waals surface area contributed by atoms with Crippen LogP contribution in [0.5, 0.6) is 0 Å². The highest BCUT2D eigenvalue weighted by Crippen LogP contribution is 1.99. The van der Waals surface area contributed by atoms with Crippen LogP contribution in [-0.4, -0.2) is 29.3 Å². The van der Waals surface area contributed by atoms with Crippen LogP contribution in [-0.2, 0) is 9.31 Å². The maximum atomic E-state index is 5.63. The van der Waals surface area contributed by atoms with E-state index in [1.165, 1.54) is 6.33 Å². The fourth-order valence-corrected chi connectivity index (χ4v) is 1.11. The molecule has 15 heavy (non-hydrogen) atoms. The summed E-state index contributed by atoms with van der Waals surface area (Å²) in [6, 6.07) is 1.80. The van der Waals surface area contributed by atoms with Crippen LogP contribution in [0, 0.1) is 0 Å². The highest BCUT2D eigenvalue weighted by molar-refractivity contribution is 6.60. The van der Waals surface area contributed by atoms with E-state index in [9.17, 15) is 0 Å². The third-order valence-electron chi connectivity index (χ3n) is 1.64. The van der Waals surface area contributed by atoms with Gasteiger partial charge in [0.1, 0.15) is 6.33 Å². The Bertz CT molecular complexity index is 270. The summed E-state index contributed by atoms with van der Waals surface area (Å²) in [4.78, 5) is 7.99. The molecule has 1 heterocycles. The second kappa shape index (κ2) is 5.83. The Balaban J connectivity index is 2.72. The highest BCUT2D eigenvalue weighted by atomic mass is 16.6. The van der Waals surface area contributed by atoms with E-state index in [1.807, 2.05) is 27.7 Å². The molecule has 0 saturated heterocycles. The molecule has 0 aliphatic carbocycles. The second-order valence-electron chi connectivity index (χ2n) is 3.84. The highest BCUT2D eigenvalue weighted by Gasteiger charge is 2.25. The molecule has 0 aliphatic heterocycles. The molecule has 82 valence electrons. The fraction of sp³-hybridized carbons (Fsp3) is 0.600. The molecule has 0 unspecified atom stereocenters. The Morgan fingerprint density at radius 1 is 1.13 bits per heavy atom. The lowest BCUT2D eigenvalue weighted by atomic mass is 9.83. The zero-order valence-corrected chi connectivity index (χ0v) is 9.68. The summed E-state index contributed by atoms with van der Waals surface area (Å²) in [7, 11) is -0.409. The van der Waals surface area contributed by atoms with Gasteiger partial charge in [-0.2, -0.15) is 0 Å². The SMILES string of the molecule is CC(C)OB(OC(C)C)c1ccncn1. The van der Waals surface area contributed by atoms with Crippen LogP contribution in [0.15, 0.2) is 18.6 Å². The molecular formula is C10H17BN2O2. The Morgan fingerprint density at radius 3 is 2.13 bits per heavy atom. The lowest BCUT2D eigenvalue weighted by Gasteiger charge is -2.18. The van der Waals surface area contributed by atoms with Gasteiger partial charge in [-0.15, -0.1) is 0 Å². The third kappa shape index (κ3) is 4.40. The maximum Gasteiger partial charge on any atom is 0.514 e. The normalized spacial score (nSPS) is 11.1. The summed E-state index contributed by atoms with van der Waals surface area (Å²) in [5.74, 6) is 0. The first-order valence-electron chi connectivity index (χ1n) is 5.16. The minimum atomic E-state index is -0.409.